The molecule has 0 saturated heterocycles. The number of ketones is 1. The van der Waals surface area contributed by atoms with Crippen LogP contribution in [0.5, 0.6) is 0 Å². The van der Waals surface area contributed by atoms with Gasteiger partial charge in [-0.2, -0.15) is 0 Å². The van der Waals surface area contributed by atoms with E-state index in [1.807, 2.05) is 32.0 Å². The molecule has 0 saturated carbocycles. The van der Waals surface area contributed by atoms with E-state index in [2.05, 4.69) is 6.58 Å². The number of Topliss-reactive ketones (excluding diaryl/α,β-unsaturated/α-hetero) is 1. The van der Waals surface area contributed by atoms with Crippen molar-refractivity contribution in [1.29, 1.82) is 0 Å². The second kappa shape index (κ2) is 6.82. The summed E-state index contributed by atoms with van der Waals surface area (Å²) in [7, 11) is 0. The molecular formula is C17H24O3. The molecule has 0 aliphatic heterocycles. The highest BCUT2D eigenvalue weighted by molar-refractivity contribution is 5.78. The van der Waals surface area contributed by atoms with Crippen molar-refractivity contribution in [2.24, 2.45) is 5.92 Å². The molecule has 20 heavy (non-hydrogen) atoms. The van der Waals surface area contributed by atoms with Gasteiger partial charge in [0.25, 0.3) is 0 Å². The summed E-state index contributed by atoms with van der Waals surface area (Å²) in [5.41, 5.74) is 2.62. The Kier molecular flexibility index (Phi) is 5.66. The van der Waals surface area contributed by atoms with E-state index < -0.39 is 18.1 Å². The fourth-order valence-corrected chi connectivity index (χ4v) is 2.35. The van der Waals surface area contributed by atoms with Gasteiger partial charge >= 0.3 is 0 Å². The fraction of sp³-hybridized carbons (Fsp3) is 0.471. The third kappa shape index (κ3) is 3.56. The number of carbonyl (C=O) groups excluding carboxylic acids is 1. The van der Waals surface area contributed by atoms with Crippen molar-refractivity contribution < 1.29 is 15.0 Å². The lowest BCUT2D eigenvalue weighted by molar-refractivity contribution is -0.123. The van der Waals surface area contributed by atoms with Gasteiger partial charge < -0.3 is 10.2 Å². The molecule has 0 heterocycles. The Morgan fingerprint density at radius 1 is 1.25 bits per heavy atom. The van der Waals surface area contributed by atoms with Crippen LogP contribution >= 0.6 is 0 Å². The molecule has 1 aromatic carbocycles. The van der Waals surface area contributed by atoms with Crippen molar-refractivity contribution in [1.82, 2.24) is 0 Å². The van der Waals surface area contributed by atoms with E-state index >= 15 is 0 Å². The minimum atomic E-state index is -0.772. The summed E-state index contributed by atoms with van der Waals surface area (Å²) >= 11 is 0. The number of benzene rings is 1. The Morgan fingerprint density at radius 3 is 2.35 bits per heavy atom. The van der Waals surface area contributed by atoms with Crippen LogP contribution in [0.4, 0.5) is 0 Å². The quantitative estimate of drug-likeness (QED) is 0.785. The molecule has 3 nitrogen and oxygen atoms in total. The lowest BCUT2D eigenvalue weighted by Crippen LogP contribution is -2.29. The summed E-state index contributed by atoms with van der Waals surface area (Å²) in [4.78, 5) is 11.4. The van der Waals surface area contributed by atoms with Gasteiger partial charge in [0, 0.05) is 11.8 Å². The first-order chi connectivity index (χ1) is 9.29. The van der Waals surface area contributed by atoms with E-state index in [9.17, 15) is 15.0 Å². The van der Waals surface area contributed by atoms with E-state index in [1.54, 1.807) is 6.92 Å². The Balaban J connectivity index is 3.18. The standard InChI is InChI=1S/C17H24O3/c1-6-16(19)15-9-10(2)7-8-14(15)12(4)17(20)11(3)13(5)18/h6-9,11-12,16-17,19-20H,1H2,2-5H3/t11-,12+,16+,17+/m1/s1. The second-order valence-electron chi connectivity index (χ2n) is 5.49. The van der Waals surface area contributed by atoms with Gasteiger partial charge in [-0.15, -0.1) is 6.58 Å². The van der Waals surface area contributed by atoms with Crippen LogP contribution in [0.1, 0.15) is 49.5 Å². The van der Waals surface area contributed by atoms with Crippen LogP contribution in [-0.4, -0.2) is 22.1 Å². The van der Waals surface area contributed by atoms with Crippen LogP contribution in [-0.2, 0) is 4.79 Å². The maximum absolute atomic E-state index is 11.4. The molecule has 0 aliphatic rings. The van der Waals surface area contributed by atoms with Crippen molar-refractivity contribution in [3.8, 4) is 0 Å². The second-order valence-corrected chi connectivity index (χ2v) is 5.49. The van der Waals surface area contributed by atoms with E-state index in [4.69, 9.17) is 0 Å². The highest BCUT2D eigenvalue weighted by atomic mass is 16.3. The first-order valence-corrected chi connectivity index (χ1v) is 6.89. The summed E-state index contributed by atoms with van der Waals surface area (Å²) in [6.07, 6.45) is -0.0793. The molecule has 4 atom stereocenters. The number of hydrogen-bond donors (Lipinski definition) is 2. The van der Waals surface area contributed by atoms with Crippen LogP contribution < -0.4 is 0 Å². The van der Waals surface area contributed by atoms with Crippen LogP contribution in [0.15, 0.2) is 30.9 Å². The predicted molar refractivity (Wildman–Crippen MR) is 80.6 cm³/mol. The molecule has 3 heteroatoms. The van der Waals surface area contributed by atoms with Gasteiger partial charge in [0.15, 0.2) is 0 Å². The molecule has 0 bridgehead atoms. The van der Waals surface area contributed by atoms with E-state index in [1.165, 1.54) is 13.0 Å². The topological polar surface area (TPSA) is 57.5 Å². The predicted octanol–water partition coefficient (Wildman–Crippen LogP) is 2.90. The van der Waals surface area contributed by atoms with Gasteiger partial charge in [-0.25, -0.2) is 0 Å². The van der Waals surface area contributed by atoms with Crippen molar-refractivity contribution >= 4 is 5.78 Å². The Hall–Kier alpha value is -1.45. The molecular weight excluding hydrogens is 252 g/mol. The van der Waals surface area contributed by atoms with Gasteiger partial charge in [0.2, 0.25) is 0 Å². The largest absolute Gasteiger partial charge is 0.392 e. The smallest absolute Gasteiger partial charge is 0.135 e. The van der Waals surface area contributed by atoms with Crippen LogP contribution in [0, 0.1) is 12.8 Å². The summed E-state index contributed by atoms with van der Waals surface area (Å²) in [5, 5.41) is 20.4. The molecule has 0 fully saturated rings. The summed E-state index contributed by atoms with van der Waals surface area (Å²) in [6.45, 7) is 10.6. The average molecular weight is 276 g/mol. The van der Waals surface area contributed by atoms with Crippen molar-refractivity contribution in [3.63, 3.8) is 0 Å². The maximum Gasteiger partial charge on any atom is 0.135 e. The molecule has 1 aromatic rings. The van der Waals surface area contributed by atoms with Crippen molar-refractivity contribution in [2.75, 3.05) is 0 Å². The van der Waals surface area contributed by atoms with Gasteiger partial charge in [0.05, 0.1) is 12.2 Å². The van der Waals surface area contributed by atoms with Crippen molar-refractivity contribution in [2.45, 2.75) is 45.8 Å². The minimum absolute atomic E-state index is 0.0396. The zero-order valence-corrected chi connectivity index (χ0v) is 12.6. The highest BCUT2D eigenvalue weighted by Gasteiger charge is 2.27. The minimum Gasteiger partial charge on any atom is -0.392 e. The van der Waals surface area contributed by atoms with E-state index in [0.29, 0.717) is 0 Å². The Morgan fingerprint density at radius 2 is 1.85 bits per heavy atom. The molecule has 0 aliphatic carbocycles. The summed E-state index contributed by atoms with van der Waals surface area (Å²) in [5.74, 6) is -0.707. The zero-order chi connectivity index (χ0) is 15.4. The summed E-state index contributed by atoms with van der Waals surface area (Å²) in [6, 6.07) is 5.73. The van der Waals surface area contributed by atoms with E-state index in [0.717, 1.165) is 16.7 Å². The van der Waals surface area contributed by atoms with Crippen LogP contribution in [0.2, 0.25) is 0 Å². The first-order valence-electron chi connectivity index (χ1n) is 6.89. The third-order valence-electron chi connectivity index (χ3n) is 3.94. The number of aryl methyl sites for hydroxylation is 1. The lowest BCUT2D eigenvalue weighted by atomic mass is 9.82. The molecule has 0 amide bonds. The lowest BCUT2D eigenvalue weighted by Gasteiger charge is -2.26. The Bertz CT molecular complexity index is 493. The number of carbonyl (C=O) groups is 1. The van der Waals surface area contributed by atoms with Gasteiger partial charge in [-0.05, 0) is 25.0 Å². The number of aliphatic hydroxyl groups is 2. The monoisotopic (exact) mass is 276 g/mol. The molecule has 110 valence electrons. The van der Waals surface area contributed by atoms with Crippen LogP contribution in [0.25, 0.3) is 0 Å². The molecule has 0 aromatic heterocycles. The fourth-order valence-electron chi connectivity index (χ4n) is 2.35. The molecule has 0 unspecified atom stereocenters. The van der Waals surface area contributed by atoms with Crippen LogP contribution in [0.3, 0.4) is 0 Å². The summed E-state index contributed by atoms with van der Waals surface area (Å²) < 4.78 is 0. The molecule has 0 spiro atoms. The normalized spacial score (nSPS) is 17.1. The first kappa shape index (κ1) is 16.6. The van der Waals surface area contributed by atoms with Gasteiger partial charge in [0.1, 0.15) is 5.78 Å². The SMILES string of the molecule is C=C[C@H](O)c1cc(C)ccc1[C@H](C)[C@@H](O)[C@H](C)C(C)=O. The number of rotatable bonds is 6. The van der Waals surface area contributed by atoms with Gasteiger partial charge in [-0.1, -0.05) is 43.7 Å². The van der Waals surface area contributed by atoms with Crippen molar-refractivity contribution in [3.05, 3.63) is 47.5 Å². The maximum atomic E-state index is 11.4. The molecule has 0 radical (unpaired) electrons. The number of aliphatic hydroxyl groups excluding tert-OH is 2. The zero-order valence-electron chi connectivity index (χ0n) is 12.6. The van der Waals surface area contributed by atoms with E-state index in [-0.39, 0.29) is 11.7 Å². The average Bonchev–Trinajstić information content (AvgIpc) is 2.43. The number of hydrogen-bond acceptors (Lipinski definition) is 3. The molecule has 1 rings (SSSR count). The van der Waals surface area contributed by atoms with Gasteiger partial charge in [-0.3, -0.25) is 4.79 Å². The Labute approximate surface area is 121 Å². The molecule has 2 N–H and O–H groups in total. The third-order valence-corrected chi connectivity index (χ3v) is 3.94. The highest BCUT2D eigenvalue weighted by Crippen LogP contribution is 2.31.